The summed E-state index contributed by atoms with van der Waals surface area (Å²) in [7, 11) is 5.31. The van der Waals surface area contributed by atoms with Crippen LogP contribution in [0.3, 0.4) is 0 Å². The Morgan fingerprint density at radius 2 is 1.58 bits per heavy atom. The topological polar surface area (TPSA) is 71.1 Å². The van der Waals surface area contributed by atoms with E-state index < -0.39 is 0 Å². The first kappa shape index (κ1) is 26.8. The van der Waals surface area contributed by atoms with Crippen LogP contribution in [0.1, 0.15) is 63.7 Å². The quantitative estimate of drug-likeness (QED) is 0.595. The number of carbonyl (C=O) groups is 2. The Bertz CT molecular complexity index is 949. The van der Waals surface area contributed by atoms with E-state index in [1.165, 1.54) is 0 Å². The smallest absolute Gasteiger partial charge is 0.317 e. The second-order valence-electron chi connectivity index (χ2n) is 12.3. The Kier molecular flexibility index (Phi) is 7.61. The van der Waals surface area contributed by atoms with Gasteiger partial charge in [-0.05, 0) is 61.1 Å². The number of fused-ring (bicyclic) bond motifs is 1. The largest absolute Gasteiger partial charge is 0.497 e. The van der Waals surface area contributed by atoms with E-state index in [0.717, 1.165) is 51.9 Å². The van der Waals surface area contributed by atoms with Crippen molar-refractivity contribution in [3.8, 4) is 11.5 Å². The van der Waals surface area contributed by atoms with E-state index in [2.05, 4.69) is 45.0 Å². The predicted molar refractivity (Wildman–Crippen MR) is 142 cm³/mol. The molecular weight excluding hydrogens is 454 g/mol. The van der Waals surface area contributed by atoms with Gasteiger partial charge in [0.05, 0.1) is 14.2 Å². The number of ether oxygens (including phenoxy) is 2. The van der Waals surface area contributed by atoms with Crippen molar-refractivity contribution < 1.29 is 19.1 Å². The van der Waals surface area contributed by atoms with Crippen molar-refractivity contribution in [1.82, 2.24) is 15.1 Å². The first-order valence-electron chi connectivity index (χ1n) is 13.5. The highest BCUT2D eigenvalue weighted by Gasteiger charge is 2.58. The number of nitrogens with zero attached hydrogens (tertiary/aromatic N) is 2. The molecule has 1 N–H and O–H groups in total. The normalized spacial score (nSPS) is 32.4. The molecule has 200 valence electrons. The Morgan fingerprint density at radius 3 is 2.17 bits per heavy atom. The van der Waals surface area contributed by atoms with Crippen LogP contribution in [0.4, 0.5) is 4.79 Å². The van der Waals surface area contributed by atoms with Gasteiger partial charge in [0.2, 0.25) is 0 Å². The van der Waals surface area contributed by atoms with Crippen molar-refractivity contribution in [3.63, 3.8) is 0 Å². The van der Waals surface area contributed by atoms with Gasteiger partial charge in [0.1, 0.15) is 11.5 Å². The van der Waals surface area contributed by atoms with E-state index in [-0.39, 0.29) is 40.5 Å². The number of benzene rings is 1. The standard InChI is InChI=1S/C29H45N3O4/c1-19-23(30-27(34)32-13-11-31(5)12-14-32)18-24-28(2,3)9-8-10-29(24,4)25(19)26(33)20-15-21(35-6)17-22(16-20)36-7/h15-17,19,23-25H,8-14,18H2,1-7H3,(H,30,34)/t19-,23-,24+,25-,29+/m1/s1. The fourth-order valence-corrected chi connectivity index (χ4v) is 7.55. The first-order chi connectivity index (χ1) is 17.0. The van der Waals surface area contributed by atoms with Crippen molar-refractivity contribution in [2.45, 2.75) is 59.4 Å². The number of urea groups is 1. The number of hydrogen-bond donors (Lipinski definition) is 1. The fourth-order valence-electron chi connectivity index (χ4n) is 7.55. The molecule has 0 radical (unpaired) electrons. The molecule has 1 aromatic rings. The lowest BCUT2D eigenvalue weighted by Gasteiger charge is -2.60. The second kappa shape index (κ2) is 10.2. The van der Waals surface area contributed by atoms with Crippen molar-refractivity contribution in [3.05, 3.63) is 23.8 Å². The average Bonchev–Trinajstić information content (AvgIpc) is 2.84. The zero-order valence-electron chi connectivity index (χ0n) is 23.2. The van der Waals surface area contributed by atoms with Crippen LogP contribution in [0.5, 0.6) is 11.5 Å². The number of amides is 2. The number of carbonyl (C=O) groups excluding carboxylic acids is 2. The van der Waals surface area contributed by atoms with E-state index in [4.69, 9.17) is 9.47 Å². The van der Waals surface area contributed by atoms with Gasteiger partial charge < -0.3 is 24.6 Å². The van der Waals surface area contributed by atoms with Crippen LogP contribution < -0.4 is 14.8 Å². The number of ketones is 1. The predicted octanol–water partition coefficient (Wildman–Crippen LogP) is 4.70. The van der Waals surface area contributed by atoms with Crippen LogP contribution >= 0.6 is 0 Å². The molecule has 1 aliphatic heterocycles. The summed E-state index contributed by atoms with van der Waals surface area (Å²) in [5.74, 6) is 1.52. The summed E-state index contributed by atoms with van der Waals surface area (Å²) in [6.07, 6.45) is 4.21. The summed E-state index contributed by atoms with van der Waals surface area (Å²) >= 11 is 0. The molecule has 2 amide bonds. The number of piperazine rings is 1. The van der Waals surface area contributed by atoms with E-state index in [9.17, 15) is 9.59 Å². The van der Waals surface area contributed by atoms with Crippen LogP contribution in [-0.2, 0) is 0 Å². The Labute approximate surface area is 216 Å². The molecule has 36 heavy (non-hydrogen) atoms. The molecule has 5 atom stereocenters. The average molecular weight is 500 g/mol. The molecule has 1 heterocycles. The third kappa shape index (κ3) is 4.96. The van der Waals surface area contributed by atoms with Crippen molar-refractivity contribution in [1.29, 1.82) is 0 Å². The molecule has 0 spiro atoms. The zero-order chi connectivity index (χ0) is 26.3. The molecule has 7 heteroatoms. The molecule has 0 aromatic heterocycles. The Morgan fingerprint density at radius 1 is 0.972 bits per heavy atom. The highest BCUT2D eigenvalue weighted by atomic mass is 16.5. The molecule has 1 aromatic carbocycles. The van der Waals surface area contributed by atoms with Gasteiger partial charge in [0.25, 0.3) is 0 Å². The third-order valence-corrected chi connectivity index (χ3v) is 9.65. The molecule has 2 aliphatic carbocycles. The number of likely N-dealkylation sites (N-methyl/N-ethyl adjacent to an activating group) is 1. The molecule has 4 rings (SSSR count). The second-order valence-corrected chi connectivity index (χ2v) is 12.3. The van der Waals surface area contributed by atoms with Gasteiger partial charge in [0.15, 0.2) is 5.78 Å². The lowest BCUT2D eigenvalue weighted by Crippen LogP contribution is -2.62. The monoisotopic (exact) mass is 499 g/mol. The molecule has 0 unspecified atom stereocenters. The number of Topliss-reactive ketones (excluding diaryl/α,β-unsaturated/α-hetero) is 1. The van der Waals surface area contributed by atoms with Gasteiger partial charge in [-0.1, -0.05) is 34.1 Å². The van der Waals surface area contributed by atoms with Crippen molar-refractivity contribution in [2.75, 3.05) is 47.4 Å². The minimum Gasteiger partial charge on any atom is -0.497 e. The molecular formula is C29H45N3O4. The molecule has 3 aliphatic rings. The molecule has 7 nitrogen and oxygen atoms in total. The number of methoxy groups -OCH3 is 2. The summed E-state index contributed by atoms with van der Waals surface area (Å²) in [5.41, 5.74) is 0.593. The van der Waals surface area contributed by atoms with Crippen molar-refractivity contribution in [2.24, 2.45) is 28.6 Å². The van der Waals surface area contributed by atoms with Gasteiger partial charge in [-0.3, -0.25) is 4.79 Å². The van der Waals surface area contributed by atoms with Crippen LogP contribution in [0.2, 0.25) is 0 Å². The van der Waals surface area contributed by atoms with Gasteiger partial charge in [-0.2, -0.15) is 0 Å². The van der Waals surface area contributed by atoms with Gasteiger partial charge in [0, 0.05) is 49.8 Å². The van der Waals surface area contributed by atoms with Gasteiger partial charge >= 0.3 is 6.03 Å². The Hall–Kier alpha value is -2.28. The van der Waals surface area contributed by atoms with Crippen molar-refractivity contribution >= 4 is 11.8 Å². The number of nitrogens with one attached hydrogen (secondary N) is 1. The highest BCUT2D eigenvalue weighted by Crippen LogP contribution is 2.61. The number of hydrogen-bond acceptors (Lipinski definition) is 5. The summed E-state index contributed by atoms with van der Waals surface area (Å²) < 4.78 is 11.0. The van der Waals surface area contributed by atoms with Crippen LogP contribution in [0.25, 0.3) is 0 Å². The molecule has 2 saturated carbocycles. The minimum absolute atomic E-state index is 0.00594. The summed E-state index contributed by atoms with van der Waals surface area (Å²) in [4.78, 5) is 31.8. The summed E-state index contributed by atoms with van der Waals surface area (Å²) in [5, 5.41) is 3.39. The van der Waals surface area contributed by atoms with Crippen LogP contribution in [0, 0.1) is 28.6 Å². The maximum atomic E-state index is 14.3. The SMILES string of the molecule is COc1cc(OC)cc(C(=O)[C@H]2[C@H](C)[C@H](NC(=O)N3CCN(C)CC3)C[C@H]3C(C)(C)CCC[C@]23C)c1. The minimum atomic E-state index is -0.203. The van der Waals surface area contributed by atoms with E-state index >= 15 is 0 Å². The lowest BCUT2D eigenvalue weighted by atomic mass is 9.45. The maximum absolute atomic E-state index is 14.3. The molecule has 0 bridgehead atoms. The third-order valence-electron chi connectivity index (χ3n) is 9.65. The zero-order valence-corrected chi connectivity index (χ0v) is 23.2. The lowest BCUT2D eigenvalue weighted by molar-refractivity contribution is -0.0903. The summed E-state index contributed by atoms with van der Waals surface area (Å²) in [6, 6.07) is 5.42. The maximum Gasteiger partial charge on any atom is 0.317 e. The van der Waals surface area contributed by atoms with Crippen LogP contribution in [-0.4, -0.2) is 75.1 Å². The van der Waals surface area contributed by atoms with E-state index in [0.29, 0.717) is 23.0 Å². The van der Waals surface area contributed by atoms with Gasteiger partial charge in [-0.15, -0.1) is 0 Å². The molecule has 3 fully saturated rings. The van der Waals surface area contributed by atoms with E-state index in [1.54, 1.807) is 20.3 Å². The van der Waals surface area contributed by atoms with Gasteiger partial charge in [-0.25, -0.2) is 4.79 Å². The number of rotatable bonds is 5. The fraction of sp³-hybridized carbons (Fsp3) is 0.724. The van der Waals surface area contributed by atoms with Crippen LogP contribution in [0.15, 0.2) is 18.2 Å². The first-order valence-corrected chi connectivity index (χ1v) is 13.5. The van der Waals surface area contributed by atoms with E-state index in [1.807, 2.05) is 17.0 Å². The summed E-state index contributed by atoms with van der Waals surface area (Å²) in [6.45, 7) is 12.4. The molecule has 1 saturated heterocycles. The highest BCUT2D eigenvalue weighted by molar-refractivity contribution is 5.99. The Balaban J connectivity index is 1.68.